The van der Waals surface area contributed by atoms with E-state index < -0.39 is 0 Å². The van der Waals surface area contributed by atoms with E-state index >= 15 is 0 Å². The summed E-state index contributed by atoms with van der Waals surface area (Å²) in [6.07, 6.45) is 0. The number of benzene rings is 1. The molecule has 1 aromatic heterocycles. The maximum atomic E-state index is 12.2. The Hall–Kier alpha value is -1.63. The van der Waals surface area contributed by atoms with Crippen LogP contribution in [0, 0.1) is 13.8 Å². The molecule has 0 saturated heterocycles. The molecule has 0 spiro atoms. The van der Waals surface area contributed by atoms with Crippen molar-refractivity contribution in [3.8, 4) is 0 Å². The minimum Gasteiger partial charge on any atom is -0.353 e. The van der Waals surface area contributed by atoms with Gasteiger partial charge in [-0.2, -0.15) is 0 Å². The fourth-order valence-electron chi connectivity index (χ4n) is 2.47. The van der Waals surface area contributed by atoms with Crippen LogP contribution < -0.4 is 5.32 Å². The van der Waals surface area contributed by atoms with E-state index in [1.54, 1.807) is 0 Å². The molecule has 25 heavy (non-hydrogen) atoms. The van der Waals surface area contributed by atoms with E-state index in [0.29, 0.717) is 16.7 Å². The lowest BCUT2D eigenvalue weighted by atomic mass is 10.1. The minimum absolute atomic E-state index is 0.0140. The first kappa shape index (κ1) is 19.7. The molecule has 2 aromatic rings. The van der Waals surface area contributed by atoms with Crippen molar-refractivity contribution >= 4 is 29.3 Å². The lowest BCUT2D eigenvalue weighted by molar-refractivity contribution is -0.118. The summed E-state index contributed by atoms with van der Waals surface area (Å²) in [4.78, 5) is 22.9. The number of aromatic nitrogens is 2. The second kappa shape index (κ2) is 9.17. The molecule has 1 unspecified atom stereocenters. The highest BCUT2D eigenvalue weighted by molar-refractivity contribution is 7.99. The first-order valence-electron chi connectivity index (χ1n) is 7.99. The van der Waals surface area contributed by atoms with Crippen molar-refractivity contribution in [2.24, 2.45) is 0 Å². The fourth-order valence-corrected chi connectivity index (χ4v) is 3.51. The van der Waals surface area contributed by atoms with Gasteiger partial charge in [-0.3, -0.25) is 4.79 Å². The number of rotatable bonds is 7. The second-order valence-corrected chi connectivity index (χ2v) is 7.38. The lowest BCUT2D eigenvalue weighted by Crippen LogP contribution is -2.35. The summed E-state index contributed by atoms with van der Waals surface area (Å²) in [5.74, 6) is 0.234. The molecule has 1 N–H and O–H groups in total. The normalized spacial score (nSPS) is 12.2. The number of thioether (sulfide) groups is 1. The molecular formula is C18H23ClN4OS. The number of nitrogens with zero attached hydrogens (tertiary/aromatic N) is 3. The predicted octanol–water partition coefficient (Wildman–Crippen LogP) is 3.26. The van der Waals surface area contributed by atoms with Crippen molar-refractivity contribution in [1.29, 1.82) is 0 Å². The van der Waals surface area contributed by atoms with E-state index in [1.165, 1.54) is 11.8 Å². The number of carbonyl (C=O) groups is 1. The van der Waals surface area contributed by atoms with Gasteiger partial charge in [0, 0.05) is 23.0 Å². The smallest absolute Gasteiger partial charge is 0.230 e. The summed E-state index contributed by atoms with van der Waals surface area (Å²) in [5.41, 5.74) is 2.81. The molecule has 2 rings (SSSR count). The van der Waals surface area contributed by atoms with Gasteiger partial charge >= 0.3 is 0 Å². The second-order valence-electron chi connectivity index (χ2n) is 6.03. The molecule has 1 atom stereocenters. The minimum atomic E-state index is -0.0494. The number of carbonyl (C=O) groups excluding carboxylic acids is 1. The SMILES string of the molecule is Cc1cc(C)nc(SCC(=O)NCC(c2ccccc2Cl)N(C)C)n1. The third-order valence-corrected chi connectivity index (χ3v) is 4.87. The quantitative estimate of drug-likeness (QED) is 0.592. The highest BCUT2D eigenvalue weighted by Gasteiger charge is 2.18. The molecule has 5 nitrogen and oxygen atoms in total. The molecule has 1 aromatic carbocycles. The van der Waals surface area contributed by atoms with Crippen LogP contribution in [0.15, 0.2) is 35.5 Å². The Balaban J connectivity index is 1.92. The number of halogens is 1. The molecule has 0 fully saturated rings. The average molecular weight is 379 g/mol. The summed E-state index contributed by atoms with van der Waals surface area (Å²) in [5, 5.41) is 4.30. The zero-order valence-corrected chi connectivity index (χ0v) is 16.5. The van der Waals surface area contributed by atoms with Crippen LogP contribution in [0.2, 0.25) is 5.02 Å². The van der Waals surface area contributed by atoms with E-state index in [1.807, 2.05) is 63.2 Å². The Kier molecular flexibility index (Phi) is 7.23. The number of hydrogen-bond donors (Lipinski definition) is 1. The standard InChI is InChI=1S/C18H23ClN4OS/c1-12-9-13(2)22-18(21-12)25-11-17(24)20-10-16(23(3)4)14-7-5-6-8-15(14)19/h5-9,16H,10-11H2,1-4H3,(H,20,24). The van der Waals surface area contributed by atoms with Gasteiger partial charge in [0.05, 0.1) is 11.8 Å². The van der Waals surface area contributed by atoms with Crippen LogP contribution in [0.5, 0.6) is 0 Å². The van der Waals surface area contributed by atoms with Crippen LogP contribution in [0.1, 0.15) is 23.0 Å². The van der Waals surface area contributed by atoms with Crippen LogP contribution in [0.25, 0.3) is 0 Å². The largest absolute Gasteiger partial charge is 0.353 e. The van der Waals surface area contributed by atoms with Gasteiger partial charge in [0.2, 0.25) is 5.91 Å². The highest BCUT2D eigenvalue weighted by atomic mass is 35.5. The Labute approximate surface area is 158 Å². The first-order valence-corrected chi connectivity index (χ1v) is 9.36. The number of hydrogen-bond acceptors (Lipinski definition) is 5. The van der Waals surface area contributed by atoms with Crippen LogP contribution in [0.4, 0.5) is 0 Å². The Morgan fingerprint density at radius 2 is 1.88 bits per heavy atom. The summed E-state index contributed by atoms with van der Waals surface area (Å²) < 4.78 is 0. The predicted molar refractivity (Wildman–Crippen MR) is 103 cm³/mol. The van der Waals surface area contributed by atoms with Gasteiger partial charge in [0.15, 0.2) is 5.16 Å². The van der Waals surface area contributed by atoms with Crippen molar-refractivity contribution < 1.29 is 4.79 Å². The third kappa shape index (κ3) is 5.99. The molecule has 134 valence electrons. The van der Waals surface area contributed by atoms with E-state index in [0.717, 1.165) is 17.0 Å². The average Bonchev–Trinajstić information content (AvgIpc) is 2.53. The Morgan fingerprint density at radius 1 is 1.24 bits per heavy atom. The van der Waals surface area contributed by atoms with Crippen molar-refractivity contribution in [3.63, 3.8) is 0 Å². The summed E-state index contributed by atoms with van der Waals surface area (Å²) in [6.45, 7) is 4.33. The Morgan fingerprint density at radius 3 is 2.48 bits per heavy atom. The number of amides is 1. The monoisotopic (exact) mass is 378 g/mol. The number of nitrogens with one attached hydrogen (secondary N) is 1. The van der Waals surface area contributed by atoms with E-state index in [4.69, 9.17) is 11.6 Å². The van der Waals surface area contributed by atoms with E-state index in [2.05, 4.69) is 15.3 Å². The van der Waals surface area contributed by atoms with Crippen molar-refractivity contribution in [3.05, 3.63) is 52.3 Å². The maximum absolute atomic E-state index is 12.2. The maximum Gasteiger partial charge on any atom is 0.230 e. The van der Waals surface area contributed by atoms with Crippen LogP contribution in [0.3, 0.4) is 0 Å². The zero-order chi connectivity index (χ0) is 18.4. The molecule has 0 bridgehead atoms. The van der Waals surface area contributed by atoms with Gasteiger partial charge in [-0.15, -0.1) is 0 Å². The third-order valence-electron chi connectivity index (χ3n) is 3.67. The lowest BCUT2D eigenvalue weighted by Gasteiger charge is -2.26. The van der Waals surface area contributed by atoms with E-state index in [-0.39, 0.29) is 17.7 Å². The molecule has 7 heteroatoms. The Bertz CT molecular complexity index is 719. The fraction of sp³-hybridized carbons (Fsp3) is 0.389. The first-order chi connectivity index (χ1) is 11.9. The van der Waals surface area contributed by atoms with Crippen molar-refractivity contribution in [1.82, 2.24) is 20.2 Å². The van der Waals surface area contributed by atoms with Gasteiger partial charge in [-0.25, -0.2) is 9.97 Å². The summed E-state index contributed by atoms with van der Waals surface area (Å²) in [6, 6.07) is 9.62. The molecule has 0 aliphatic heterocycles. The van der Waals surface area contributed by atoms with Gasteiger partial charge in [-0.05, 0) is 45.6 Å². The molecule has 0 radical (unpaired) electrons. The topological polar surface area (TPSA) is 58.1 Å². The van der Waals surface area contributed by atoms with Gasteiger partial charge < -0.3 is 10.2 Å². The molecule has 1 heterocycles. The zero-order valence-electron chi connectivity index (χ0n) is 14.9. The number of likely N-dealkylation sites (N-methyl/N-ethyl adjacent to an activating group) is 1. The van der Waals surface area contributed by atoms with Gasteiger partial charge in [0.1, 0.15) is 0 Å². The molecule has 0 saturated carbocycles. The van der Waals surface area contributed by atoms with Gasteiger partial charge in [-0.1, -0.05) is 41.6 Å². The van der Waals surface area contributed by atoms with E-state index in [9.17, 15) is 4.79 Å². The van der Waals surface area contributed by atoms with Crippen LogP contribution in [-0.4, -0.2) is 47.2 Å². The summed E-state index contributed by atoms with van der Waals surface area (Å²) in [7, 11) is 3.94. The molecule has 0 aliphatic carbocycles. The van der Waals surface area contributed by atoms with Gasteiger partial charge in [0.25, 0.3) is 0 Å². The van der Waals surface area contributed by atoms with Crippen LogP contribution >= 0.6 is 23.4 Å². The number of aryl methyl sites for hydroxylation is 2. The summed E-state index contributed by atoms with van der Waals surface area (Å²) >= 11 is 7.63. The van der Waals surface area contributed by atoms with Crippen LogP contribution in [-0.2, 0) is 4.79 Å². The van der Waals surface area contributed by atoms with Crippen molar-refractivity contribution in [2.75, 3.05) is 26.4 Å². The molecule has 1 amide bonds. The highest BCUT2D eigenvalue weighted by Crippen LogP contribution is 2.25. The van der Waals surface area contributed by atoms with Crippen molar-refractivity contribution in [2.45, 2.75) is 25.0 Å². The molecular weight excluding hydrogens is 356 g/mol. The molecule has 0 aliphatic rings.